The van der Waals surface area contributed by atoms with Gasteiger partial charge in [-0.05, 0) is 64.1 Å². The zero-order chi connectivity index (χ0) is 21.0. The molecular weight excluding hydrogens is 400 g/mol. The van der Waals surface area contributed by atoms with Crippen LogP contribution in [0, 0.1) is 0 Å². The lowest BCUT2D eigenvalue weighted by Gasteiger charge is -2.06. The van der Waals surface area contributed by atoms with Crippen LogP contribution < -0.4 is 0 Å². The van der Waals surface area contributed by atoms with Gasteiger partial charge in [0, 0.05) is 11.5 Å². The van der Waals surface area contributed by atoms with E-state index in [1.807, 2.05) is 29.6 Å². The molecule has 30 heavy (non-hydrogen) atoms. The first kappa shape index (κ1) is 22.8. The molecule has 0 spiro atoms. The highest BCUT2D eigenvalue weighted by atomic mass is 32.2. The summed E-state index contributed by atoms with van der Waals surface area (Å²) in [4.78, 5) is 0. The fourth-order valence-electron chi connectivity index (χ4n) is 3.25. The van der Waals surface area contributed by atoms with Crippen LogP contribution in [0.2, 0.25) is 0 Å². The largest absolute Gasteiger partial charge is 0.157 e. The first-order valence-electron chi connectivity index (χ1n) is 10.8. The number of aryl methyl sites for hydroxylation is 3. The van der Waals surface area contributed by atoms with Gasteiger partial charge in [-0.2, -0.15) is 23.5 Å². The van der Waals surface area contributed by atoms with Gasteiger partial charge in [0.1, 0.15) is 0 Å². The third kappa shape index (κ3) is 7.74. The Hall–Kier alpha value is -1.90. The molecule has 0 atom stereocenters. The molecule has 0 aliphatic rings. The lowest BCUT2D eigenvalue weighted by atomic mass is 10.1. The van der Waals surface area contributed by atoms with Crippen LogP contribution in [0.1, 0.15) is 40.3 Å². The maximum absolute atomic E-state index is 3.81. The molecule has 0 bridgehead atoms. The third-order valence-electron chi connectivity index (χ3n) is 5.28. The van der Waals surface area contributed by atoms with E-state index < -0.39 is 0 Å². The molecule has 156 valence electrons. The van der Waals surface area contributed by atoms with Gasteiger partial charge in [0.2, 0.25) is 0 Å². The van der Waals surface area contributed by atoms with Gasteiger partial charge in [0.05, 0.1) is 0 Å². The zero-order valence-electron chi connectivity index (χ0n) is 18.0. The van der Waals surface area contributed by atoms with Gasteiger partial charge in [0.25, 0.3) is 0 Å². The molecule has 0 unspecified atom stereocenters. The summed E-state index contributed by atoms with van der Waals surface area (Å²) in [5.41, 5.74) is 8.32. The summed E-state index contributed by atoms with van der Waals surface area (Å²) in [6.07, 6.45) is 5.29. The molecule has 0 saturated carbocycles. The van der Waals surface area contributed by atoms with Crippen molar-refractivity contribution in [1.82, 2.24) is 0 Å². The number of hydrogen-bond acceptors (Lipinski definition) is 2. The third-order valence-corrected chi connectivity index (χ3v) is 7.34. The minimum absolute atomic E-state index is 1.08. The van der Waals surface area contributed by atoms with Crippen molar-refractivity contribution in [2.45, 2.75) is 37.7 Å². The molecule has 0 fully saturated rings. The van der Waals surface area contributed by atoms with E-state index in [2.05, 4.69) is 86.3 Å². The number of thioether (sulfide) groups is 2. The van der Waals surface area contributed by atoms with Crippen LogP contribution in [0.15, 0.2) is 79.4 Å². The van der Waals surface area contributed by atoms with Crippen molar-refractivity contribution in [2.24, 2.45) is 0 Å². The predicted octanol–water partition coefficient (Wildman–Crippen LogP) is 7.84. The molecular formula is C28H32S2. The monoisotopic (exact) mass is 432 g/mol. The van der Waals surface area contributed by atoms with Crippen molar-refractivity contribution < 1.29 is 0 Å². The lowest BCUT2D eigenvalue weighted by Crippen LogP contribution is -1.93. The van der Waals surface area contributed by atoms with Crippen LogP contribution in [0.5, 0.6) is 0 Å². The second-order valence-corrected chi connectivity index (χ2v) is 9.75. The number of hydrogen-bond donors (Lipinski definition) is 0. The van der Waals surface area contributed by atoms with Gasteiger partial charge in [-0.1, -0.05) is 92.4 Å². The summed E-state index contributed by atoms with van der Waals surface area (Å²) >= 11 is 4.03. The maximum atomic E-state index is 3.81. The van der Waals surface area contributed by atoms with Crippen molar-refractivity contribution in [1.29, 1.82) is 0 Å². The molecule has 0 aliphatic carbocycles. The highest BCUT2D eigenvalue weighted by Gasteiger charge is 1.99. The van der Waals surface area contributed by atoms with E-state index in [9.17, 15) is 0 Å². The highest BCUT2D eigenvalue weighted by molar-refractivity contribution is 7.98. The van der Waals surface area contributed by atoms with E-state index >= 15 is 0 Å². The van der Waals surface area contributed by atoms with Gasteiger partial charge in [-0.15, -0.1) is 0 Å². The Bertz CT molecular complexity index is 877. The minimum atomic E-state index is 1.08. The van der Waals surface area contributed by atoms with Crippen molar-refractivity contribution in [3.05, 3.63) is 113 Å². The zero-order valence-corrected chi connectivity index (χ0v) is 19.6. The van der Waals surface area contributed by atoms with Crippen LogP contribution in [-0.4, -0.2) is 11.5 Å². The first-order chi connectivity index (χ1) is 14.8. The van der Waals surface area contributed by atoms with E-state index in [0.717, 1.165) is 36.5 Å². The Labute approximate surface area is 191 Å². The summed E-state index contributed by atoms with van der Waals surface area (Å²) in [6, 6.07) is 27.0. The Balaban J connectivity index is 1.31. The molecule has 0 saturated heterocycles. The van der Waals surface area contributed by atoms with Crippen LogP contribution in [0.3, 0.4) is 0 Å². The average molecular weight is 433 g/mol. The summed E-state index contributed by atoms with van der Waals surface area (Å²) < 4.78 is 0. The minimum Gasteiger partial charge on any atom is -0.157 e. The highest BCUT2D eigenvalue weighted by Crippen LogP contribution is 2.18. The Kier molecular flexibility index (Phi) is 9.66. The molecule has 0 aliphatic heterocycles. The van der Waals surface area contributed by atoms with E-state index in [0.29, 0.717) is 0 Å². The molecule has 3 aromatic rings. The molecule has 0 radical (unpaired) electrons. The standard InChI is InChI=1S/C28H32S2/c1-3-23-5-13-27(14-6-23)21-29-19-17-25-9-11-26(12-10-25)18-20-30-22-28-15-7-24(4-2)8-16-28/h3,5-16H,1,4,17-22H2,2H3. The molecule has 0 amide bonds. The molecule has 0 heterocycles. The van der Waals surface area contributed by atoms with Gasteiger partial charge in [0.15, 0.2) is 0 Å². The molecule has 0 aromatic heterocycles. The molecule has 2 heteroatoms. The van der Waals surface area contributed by atoms with Gasteiger partial charge in [-0.25, -0.2) is 0 Å². The normalized spacial score (nSPS) is 10.8. The molecule has 0 nitrogen and oxygen atoms in total. The second kappa shape index (κ2) is 12.7. The van der Waals surface area contributed by atoms with E-state index in [4.69, 9.17) is 0 Å². The summed E-state index contributed by atoms with van der Waals surface area (Å²) in [5.74, 6) is 4.52. The van der Waals surface area contributed by atoms with Crippen molar-refractivity contribution in [3.63, 3.8) is 0 Å². The van der Waals surface area contributed by atoms with E-state index in [-0.39, 0.29) is 0 Å². The maximum Gasteiger partial charge on any atom is 0.0184 e. The quantitative estimate of drug-likeness (QED) is 0.267. The summed E-state index contributed by atoms with van der Waals surface area (Å²) in [5, 5.41) is 0. The number of benzene rings is 3. The predicted molar refractivity (Wildman–Crippen MR) is 139 cm³/mol. The van der Waals surface area contributed by atoms with Crippen LogP contribution >= 0.6 is 23.5 Å². The van der Waals surface area contributed by atoms with Gasteiger partial charge < -0.3 is 0 Å². The second-order valence-electron chi connectivity index (χ2n) is 7.54. The number of rotatable bonds is 12. The summed E-state index contributed by atoms with van der Waals surface area (Å²) in [7, 11) is 0. The van der Waals surface area contributed by atoms with Crippen LogP contribution in [-0.2, 0) is 30.8 Å². The lowest BCUT2D eigenvalue weighted by molar-refractivity contribution is 1.11. The molecule has 0 N–H and O–H groups in total. The smallest absolute Gasteiger partial charge is 0.0184 e. The van der Waals surface area contributed by atoms with Crippen molar-refractivity contribution in [3.8, 4) is 0 Å². The Morgan fingerprint density at radius 3 is 1.43 bits per heavy atom. The van der Waals surface area contributed by atoms with Gasteiger partial charge in [-0.3, -0.25) is 0 Å². The fourth-order valence-corrected chi connectivity index (χ4v) is 5.16. The topological polar surface area (TPSA) is 0 Å². The van der Waals surface area contributed by atoms with Crippen molar-refractivity contribution >= 4 is 29.6 Å². The van der Waals surface area contributed by atoms with E-state index in [1.165, 1.54) is 39.1 Å². The van der Waals surface area contributed by atoms with Crippen LogP contribution in [0.4, 0.5) is 0 Å². The van der Waals surface area contributed by atoms with Crippen molar-refractivity contribution in [2.75, 3.05) is 11.5 Å². The van der Waals surface area contributed by atoms with Crippen LogP contribution in [0.25, 0.3) is 6.08 Å². The Morgan fingerprint density at radius 2 is 1.00 bits per heavy atom. The average Bonchev–Trinajstić information content (AvgIpc) is 2.81. The van der Waals surface area contributed by atoms with E-state index in [1.54, 1.807) is 0 Å². The first-order valence-corrected chi connectivity index (χ1v) is 13.1. The Morgan fingerprint density at radius 1 is 0.600 bits per heavy atom. The molecule has 3 aromatic carbocycles. The summed E-state index contributed by atoms with van der Waals surface area (Å²) in [6.45, 7) is 6.01. The van der Waals surface area contributed by atoms with Gasteiger partial charge >= 0.3 is 0 Å². The molecule has 3 rings (SSSR count). The fraction of sp³-hybridized carbons (Fsp3) is 0.286. The SMILES string of the molecule is C=Cc1ccc(CSCCc2ccc(CCSCc3ccc(CC)cc3)cc2)cc1.